The third-order valence-electron chi connectivity index (χ3n) is 2.02. The minimum atomic E-state index is 0.778. The van der Waals surface area contributed by atoms with E-state index in [1.54, 1.807) is 0 Å². The van der Waals surface area contributed by atoms with Crippen LogP contribution in [0.25, 0.3) is 0 Å². The highest BCUT2D eigenvalue weighted by Crippen LogP contribution is 2.06. The van der Waals surface area contributed by atoms with Gasteiger partial charge >= 0.3 is 0 Å². The van der Waals surface area contributed by atoms with Gasteiger partial charge in [0.15, 0.2) is 0 Å². The summed E-state index contributed by atoms with van der Waals surface area (Å²) >= 11 is 2.25. The van der Waals surface area contributed by atoms with Crippen molar-refractivity contribution in [1.29, 1.82) is 0 Å². The van der Waals surface area contributed by atoms with Crippen LogP contribution in [0.2, 0.25) is 0 Å². The quantitative estimate of drug-likeness (QED) is 0.790. The SMILES string of the molecule is Cc1cc(Cn2cc(I)cn2)n(C)n1. The number of hydrogen-bond acceptors (Lipinski definition) is 2. The number of rotatable bonds is 2. The summed E-state index contributed by atoms with van der Waals surface area (Å²) in [6.45, 7) is 2.77. The van der Waals surface area contributed by atoms with E-state index in [-0.39, 0.29) is 0 Å². The molecule has 74 valence electrons. The Morgan fingerprint density at radius 2 is 2.29 bits per heavy atom. The van der Waals surface area contributed by atoms with Crippen LogP contribution >= 0.6 is 22.6 Å². The van der Waals surface area contributed by atoms with Crippen molar-refractivity contribution in [2.75, 3.05) is 0 Å². The molecule has 0 unspecified atom stereocenters. The normalized spacial score (nSPS) is 10.8. The number of hydrogen-bond donors (Lipinski definition) is 0. The lowest BCUT2D eigenvalue weighted by molar-refractivity contribution is 0.618. The van der Waals surface area contributed by atoms with Gasteiger partial charge in [-0.05, 0) is 35.6 Å². The highest BCUT2D eigenvalue weighted by atomic mass is 127. The lowest BCUT2D eigenvalue weighted by Crippen LogP contribution is -2.05. The molecular weight excluding hydrogens is 291 g/mol. The third kappa shape index (κ3) is 1.97. The van der Waals surface area contributed by atoms with Gasteiger partial charge in [0.05, 0.1) is 27.7 Å². The minimum Gasteiger partial charge on any atom is -0.270 e. The zero-order valence-electron chi connectivity index (χ0n) is 8.11. The van der Waals surface area contributed by atoms with Crippen LogP contribution in [0, 0.1) is 10.5 Å². The van der Waals surface area contributed by atoms with Gasteiger partial charge in [-0.25, -0.2) is 0 Å². The molecule has 0 saturated heterocycles. The van der Waals surface area contributed by atoms with Crippen LogP contribution < -0.4 is 0 Å². The molecule has 0 aliphatic rings. The van der Waals surface area contributed by atoms with Crippen LogP contribution in [-0.2, 0) is 13.6 Å². The maximum absolute atomic E-state index is 4.29. The van der Waals surface area contributed by atoms with Gasteiger partial charge in [-0.2, -0.15) is 10.2 Å². The molecule has 2 aromatic rings. The van der Waals surface area contributed by atoms with Gasteiger partial charge < -0.3 is 0 Å². The lowest BCUT2D eigenvalue weighted by atomic mass is 10.4. The maximum Gasteiger partial charge on any atom is 0.0828 e. The molecule has 0 spiro atoms. The smallest absolute Gasteiger partial charge is 0.0828 e. The van der Waals surface area contributed by atoms with Crippen molar-refractivity contribution in [2.24, 2.45) is 7.05 Å². The Morgan fingerprint density at radius 3 is 2.79 bits per heavy atom. The van der Waals surface area contributed by atoms with E-state index < -0.39 is 0 Å². The second-order valence-corrected chi connectivity index (χ2v) is 4.50. The Balaban J connectivity index is 2.22. The van der Waals surface area contributed by atoms with Gasteiger partial charge in [0, 0.05) is 13.2 Å². The Hall–Kier alpha value is -0.850. The number of aryl methyl sites for hydroxylation is 2. The van der Waals surface area contributed by atoms with Gasteiger partial charge in [0.2, 0.25) is 0 Å². The van der Waals surface area contributed by atoms with Gasteiger partial charge in [0.25, 0.3) is 0 Å². The van der Waals surface area contributed by atoms with Crippen molar-refractivity contribution in [3.8, 4) is 0 Å². The molecule has 0 saturated carbocycles. The van der Waals surface area contributed by atoms with Crippen molar-refractivity contribution in [3.63, 3.8) is 0 Å². The van der Waals surface area contributed by atoms with Crippen molar-refractivity contribution in [3.05, 3.63) is 33.4 Å². The molecular formula is C9H11IN4. The predicted octanol–water partition coefficient (Wildman–Crippen LogP) is 1.58. The molecule has 2 rings (SSSR count). The van der Waals surface area contributed by atoms with E-state index in [4.69, 9.17) is 0 Å². The molecule has 0 aliphatic heterocycles. The first-order valence-corrected chi connectivity index (χ1v) is 5.40. The molecule has 0 radical (unpaired) electrons. The van der Waals surface area contributed by atoms with E-state index in [0.717, 1.165) is 15.8 Å². The highest BCUT2D eigenvalue weighted by molar-refractivity contribution is 14.1. The molecule has 0 fully saturated rings. The van der Waals surface area contributed by atoms with Crippen LogP contribution in [0.4, 0.5) is 0 Å². The summed E-state index contributed by atoms with van der Waals surface area (Å²) in [6.07, 6.45) is 3.87. The molecule has 0 N–H and O–H groups in total. The van der Waals surface area contributed by atoms with Crippen LogP contribution in [0.15, 0.2) is 18.5 Å². The van der Waals surface area contributed by atoms with Gasteiger partial charge in [0.1, 0.15) is 0 Å². The van der Waals surface area contributed by atoms with E-state index >= 15 is 0 Å². The number of halogens is 1. The summed E-state index contributed by atoms with van der Waals surface area (Å²) in [5, 5.41) is 8.52. The minimum absolute atomic E-state index is 0.778. The zero-order valence-corrected chi connectivity index (χ0v) is 10.3. The average Bonchev–Trinajstić information content (AvgIpc) is 2.61. The first-order valence-electron chi connectivity index (χ1n) is 4.32. The Labute approximate surface area is 96.1 Å². The number of aromatic nitrogens is 4. The summed E-state index contributed by atoms with van der Waals surface area (Å²) in [5.41, 5.74) is 2.21. The fraction of sp³-hybridized carbons (Fsp3) is 0.333. The molecule has 0 atom stereocenters. The molecule has 5 heteroatoms. The summed E-state index contributed by atoms with van der Waals surface area (Å²) in [5.74, 6) is 0. The Morgan fingerprint density at radius 1 is 1.50 bits per heavy atom. The molecule has 0 aliphatic carbocycles. The first-order chi connectivity index (χ1) is 6.65. The summed E-state index contributed by atoms with van der Waals surface area (Å²) in [4.78, 5) is 0. The van der Waals surface area contributed by atoms with E-state index in [9.17, 15) is 0 Å². The molecule has 2 heterocycles. The van der Waals surface area contributed by atoms with Crippen LogP contribution in [0.5, 0.6) is 0 Å². The highest BCUT2D eigenvalue weighted by Gasteiger charge is 2.03. The van der Waals surface area contributed by atoms with Gasteiger partial charge in [-0.3, -0.25) is 9.36 Å². The maximum atomic E-state index is 4.29. The molecule has 0 aromatic carbocycles. The van der Waals surface area contributed by atoms with Crippen molar-refractivity contribution >= 4 is 22.6 Å². The Kier molecular flexibility index (Phi) is 2.58. The predicted molar refractivity (Wildman–Crippen MR) is 62.0 cm³/mol. The summed E-state index contributed by atoms with van der Waals surface area (Å²) in [7, 11) is 1.96. The Bertz CT molecular complexity index is 443. The molecule has 0 amide bonds. The topological polar surface area (TPSA) is 35.6 Å². The molecule has 4 nitrogen and oxygen atoms in total. The lowest BCUT2D eigenvalue weighted by Gasteiger charge is -2.00. The standard InChI is InChI=1S/C9H11IN4/c1-7-3-9(13(2)12-7)6-14-5-8(10)4-11-14/h3-5H,6H2,1-2H3. The average molecular weight is 302 g/mol. The first kappa shape index (κ1) is 9.70. The van der Waals surface area contributed by atoms with Crippen molar-refractivity contribution in [2.45, 2.75) is 13.5 Å². The fourth-order valence-corrected chi connectivity index (χ4v) is 1.85. The monoisotopic (exact) mass is 302 g/mol. The van der Waals surface area contributed by atoms with E-state index in [2.05, 4.69) is 38.9 Å². The number of nitrogens with zero attached hydrogens (tertiary/aromatic N) is 4. The van der Waals surface area contributed by atoms with E-state index in [1.807, 2.05) is 35.7 Å². The summed E-state index contributed by atoms with van der Waals surface area (Å²) in [6, 6.07) is 2.08. The van der Waals surface area contributed by atoms with Crippen LogP contribution in [0.3, 0.4) is 0 Å². The second-order valence-electron chi connectivity index (χ2n) is 3.26. The zero-order chi connectivity index (χ0) is 10.1. The van der Waals surface area contributed by atoms with Crippen molar-refractivity contribution in [1.82, 2.24) is 19.6 Å². The third-order valence-corrected chi connectivity index (χ3v) is 2.58. The molecule has 2 aromatic heterocycles. The van der Waals surface area contributed by atoms with Crippen molar-refractivity contribution < 1.29 is 0 Å². The second kappa shape index (κ2) is 3.72. The summed E-state index contributed by atoms with van der Waals surface area (Å²) < 4.78 is 4.96. The van der Waals surface area contributed by atoms with Gasteiger partial charge in [-0.1, -0.05) is 0 Å². The fourth-order valence-electron chi connectivity index (χ4n) is 1.40. The van der Waals surface area contributed by atoms with E-state index in [0.29, 0.717) is 0 Å². The molecule has 14 heavy (non-hydrogen) atoms. The van der Waals surface area contributed by atoms with Crippen LogP contribution in [-0.4, -0.2) is 19.6 Å². The van der Waals surface area contributed by atoms with Gasteiger partial charge in [-0.15, -0.1) is 0 Å². The molecule has 0 bridgehead atoms. The largest absolute Gasteiger partial charge is 0.270 e. The van der Waals surface area contributed by atoms with E-state index in [1.165, 1.54) is 5.69 Å². The van der Waals surface area contributed by atoms with Crippen LogP contribution in [0.1, 0.15) is 11.4 Å².